The summed E-state index contributed by atoms with van der Waals surface area (Å²) in [7, 11) is -1.65. The first-order chi connectivity index (χ1) is 5.49. The first-order valence-electron chi connectivity index (χ1n) is 2.79. The topological polar surface area (TPSA) is 80.4 Å². The van der Waals surface area contributed by atoms with Crippen LogP contribution in [0.5, 0.6) is 0 Å². The number of nitrogens with two attached hydrogens (primary N) is 1. The summed E-state index contributed by atoms with van der Waals surface area (Å²) in [5.74, 6) is -1.36. The molecule has 0 rings (SSSR count). The summed E-state index contributed by atoms with van der Waals surface area (Å²) in [5, 5.41) is 9.15. The van der Waals surface area contributed by atoms with Crippen LogP contribution in [0.3, 0.4) is 0 Å². The monoisotopic (exact) mass is 231 g/mol. The maximum Gasteiger partial charge on any atom is 0.352 e. The average molecular weight is 232 g/mol. The Bertz CT molecular complexity index is 231. The maximum absolute atomic E-state index is 11.0. The summed E-state index contributed by atoms with van der Waals surface area (Å²) in [5.41, 5.74) is 4.48. The standard InChI is InChI=1S/C5H7Cl2NO3S/c6-1-4(7)12(11)2-3(8)5(9)10/h2,4H,1,8H2,(H,9,10). The van der Waals surface area contributed by atoms with Crippen molar-refractivity contribution in [3.05, 3.63) is 11.1 Å². The molecule has 0 aliphatic carbocycles. The second-order valence-corrected chi connectivity index (χ2v) is 4.33. The second kappa shape index (κ2) is 5.40. The SMILES string of the molecule is NC(=CS(=O)C(Cl)CCl)C(=O)O. The molecule has 2 atom stereocenters. The minimum atomic E-state index is -1.65. The van der Waals surface area contributed by atoms with E-state index in [9.17, 15) is 9.00 Å². The Balaban J connectivity index is 4.34. The van der Waals surface area contributed by atoms with Gasteiger partial charge in [-0.05, 0) is 0 Å². The zero-order valence-electron chi connectivity index (χ0n) is 5.87. The normalized spacial score (nSPS) is 17.0. The van der Waals surface area contributed by atoms with Gasteiger partial charge in [0.2, 0.25) is 0 Å². The highest BCUT2D eigenvalue weighted by Crippen LogP contribution is 2.06. The van der Waals surface area contributed by atoms with Crippen LogP contribution >= 0.6 is 23.2 Å². The van der Waals surface area contributed by atoms with Crippen LogP contribution in [0.25, 0.3) is 0 Å². The van der Waals surface area contributed by atoms with E-state index in [4.69, 9.17) is 34.0 Å². The maximum atomic E-state index is 11.0. The first kappa shape index (κ1) is 11.7. The van der Waals surface area contributed by atoms with Gasteiger partial charge in [0.25, 0.3) is 0 Å². The van der Waals surface area contributed by atoms with Crippen molar-refractivity contribution in [2.75, 3.05) is 5.88 Å². The Labute approximate surface area is 81.8 Å². The van der Waals surface area contributed by atoms with Crippen LogP contribution in [0, 0.1) is 0 Å². The Morgan fingerprint density at radius 2 is 2.25 bits per heavy atom. The zero-order valence-corrected chi connectivity index (χ0v) is 8.20. The van der Waals surface area contributed by atoms with E-state index in [1.807, 2.05) is 0 Å². The molecular formula is C5H7Cl2NO3S. The molecule has 0 aromatic carbocycles. The fraction of sp³-hybridized carbons (Fsp3) is 0.400. The number of carbonyl (C=O) groups is 1. The van der Waals surface area contributed by atoms with E-state index in [1.165, 1.54) is 0 Å². The molecular weight excluding hydrogens is 225 g/mol. The molecule has 0 saturated heterocycles. The summed E-state index contributed by atoms with van der Waals surface area (Å²) in [6.45, 7) is 0. The Morgan fingerprint density at radius 3 is 2.58 bits per heavy atom. The zero-order chi connectivity index (χ0) is 9.72. The molecule has 0 aromatic rings. The summed E-state index contributed by atoms with van der Waals surface area (Å²) < 4.78 is 10.1. The molecule has 4 nitrogen and oxygen atoms in total. The van der Waals surface area contributed by atoms with Gasteiger partial charge in [-0.25, -0.2) is 4.79 Å². The second-order valence-electron chi connectivity index (χ2n) is 1.77. The van der Waals surface area contributed by atoms with Crippen molar-refractivity contribution in [1.82, 2.24) is 0 Å². The molecule has 2 unspecified atom stereocenters. The third-order valence-electron chi connectivity index (χ3n) is 0.863. The lowest BCUT2D eigenvalue weighted by atomic mass is 10.5. The van der Waals surface area contributed by atoms with Gasteiger partial charge in [-0.2, -0.15) is 0 Å². The van der Waals surface area contributed by atoms with E-state index in [0.29, 0.717) is 0 Å². The van der Waals surface area contributed by atoms with Crippen LogP contribution < -0.4 is 5.73 Å². The molecule has 0 spiro atoms. The third kappa shape index (κ3) is 3.94. The van der Waals surface area contributed by atoms with Gasteiger partial charge in [0.1, 0.15) is 10.4 Å². The van der Waals surface area contributed by atoms with E-state index < -0.39 is 27.2 Å². The number of alkyl halides is 2. The predicted molar refractivity (Wildman–Crippen MR) is 48.4 cm³/mol. The molecule has 0 fully saturated rings. The Morgan fingerprint density at radius 1 is 1.75 bits per heavy atom. The lowest BCUT2D eigenvalue weighted by molar-refractivity contribution is -0.132. The summed E-state index contributed by atoms with van der Waals surface area (Å²) >= 11 is 10.7. The first-order valence-corrected chi connectivity index (χ1v) is 5.03. The van der Waals surface area contributed by atoms with E-state index in [2.05, 4.69) is 0 Å². The molecule has 0 bridgehead atoms. The van der Waals surface area contributed by atoms with Gasteiger partial charge >= 0.3 is 5.97 Å². The van der Waals surface area contributed by atoms with Crippen molar-refractivity contribution in [3.8, 4) is 0 Å². The third-order valence-corrected chi connectivity index (χ3v) is 3.35. The van der Waals surface area contributed by atoms with E-state index in [1.54, 1.807) is 0 Å². The fourth-order valence-corrected chi connectivity index (χ4v) is 1.46. The molecule has 0 radical (unpaired) electrons. The molecule has 70 valence electrons. The van der Waals surface area contributed by atoms with E-state index in [-0.39, 0.29) is 5.88 Å². The lowest BCUT2D eigenvalue weighted by Gasteiger charge is -2.00. The highest BCUT2D eigenvalue weighted by atomic mass is 35.5. The van der Waals surface area contributed by atoms with Crippen LogP contribution in [0.2, 0.25) is 0 Å². The highest BCUT2D eigenvalue weighted by Gasteiger charge is 2.11. The summed E-state index contributed by atoms with van der Waals surface area (Å²) in [4.78, 5) is 10.1. The molecule has 3 N–H and O–H groups in total. The van der Waals surface area contributed by atoms with Gasteiger partial charge in [0.15, 0.2) is 0 Å². The Hall–Kier alpha value is -0.260. The fourth-order valence-electron chi connectivity index (χ4n) is 0.311. The molecule has 0 aliphatic heterocycles. The van der Waals surface area contributed by atoms with Gasteiger partial charge in [0, 0.05) is 5.41 Å². The molecule has 0 amide bonds. The largest absolute Gasteiger partial charge is 0.477 e. The van der Waals surface area contributed by atoms with Crippen molar-refractivity contribution < 1.29 is 14.1 Å². The van der Waals surface area contributed by atoms with E-state index in [0.717, 1.165) is 5.41 Å². The predicted octanol–water partition coefficient (Wildman–Crippen LogP) is 0.424. The lowest BCUT2D eigenvalue weighted by Crippen LogP contribution is -2.14. The van der Waals surface area contributed by atoms with Crippen LogP contribution in [-0.2, 0) is 15.6 Å². The molecule has 0 heterocycles. The van der Waals surface area contributed by atoms with Crippen LogP contribution in [-0.4, -0.2) is 25.9 Å². The molecule has 0 aliphatic rings. The summed E-state index contributed by atoms with van der Waals surface area (Å²) in [6.07, 6.45) is 0. The number of halogens is 2. The number of aliphatic carboxylic acids is 1. The van der Waals surface area contributed by atoms with Gasteiger partial charge in [-0.3, -0.25) is 4.21 Å². The van der Waals surface area contributed by atoms with Gasteiger partial charge in [-0.15, -0.1) is 23.2 Å². The van der Waals surface area contributed by atoms with Crippen molar-refractivity contribution >= 4 is 40.0 Å². The van der Waals surface area contributed by atoms with Crippen LogP contribution in [0.4, 0.5) is 0 Å². The highest BCUT2D eigenvalue weighted by molar-refractivity contribution is 7.90. The number of hydrogen-bond acceptors (Lipinski definition) is 3. The number of carboxylic acid groups (broad SMARTS) is 1. The molecule has 0 aromatic heterocycles. The van der Waals surface area contributed by atoms with E-state index >= 15 is 0 Å². The molecule has 7 heteroatoms. The quantitative estimate of drug-likeness (QED) is 0.543. The Kier molecular flexibility index (Phi) is 5.28. The van der Waals surface area contributed by atoms with Gasteiger partial charge < -0.3 is 10.8 Å². The summed E-state index contributed by atoms with van der Waals surface area (Å²) in [6, 6.07) is 0. The van der Waals surface area contributed by atoms with Crippen molar-refractivity contribution in [2.24, 2.45) is 5.73 Å². The van der Waals surface area contributed by atoms with Crippen molar-refractivity contribution in [3.63, 3.8) is 0 Å². The molecule has 12 heavy (non-hydrogen) atoms. The van der Waals surface area contributed by atoms with Crippen LogP contribution in [0.15, 0.2) is 11.1 Å². The molecule has 0 saturated carbocycles. The van der Waals surface area contributed by atoms with Crippen LogP contribution in [0.1, 0.15) is 0 Å². The number of rotatable bonds is 4. The smallest absolute Gasteiger partial charge is 0.352 e. The van der Waals surface area contributed by atoms with Gasteiger partial charge in [0.05, 0.1) is 16.7 Å². The minimum Gasteiger partial charge on any atom is -0.477 e. The minimum absolute atomic E-state index is 0.0302. The van der Waals surface area contributed by atoms with Crippen molar-refractivity contribution in [1.29, 1.82) is 0 Å². The number of carboxylic acids is 1. The van der Waals surface area contributed by atoms with Crippen molar-refractivity contribution in [2.45, 2.75) is 4.71 Å². The van der Waals surface area contributed by atoms with Gasteiger partial charge in [-0.1, -0.05) is 0 Å². The number of hydrogen-bond donors (Lipinski definition) is 2. The average Bonchev–Trinajstić information content (AvgIpc) is 2.02.